The molecule has 4 nitrogen and oxygen atoms in total. The van der Waals surface area contributed by atoms with Crippen LogP contribution in [0.25, 0.3) is 0 Å². The summed E-state index contributed by atoms with van der Waals surface area (Å²) in [5.74, 6) is 1.72. The highest BCUT2D eigenvalue weighted by atomic mass is 32.1. The summed E-state index contributed by atoms with van der Waals surface area (Å²) in [6.45, 7) is 6.12. The van der Waals surface area contributed by atoms with E-state index in [1.54, 1.807) is 11.3 Å². The fraction of sp³-hybridized carbons (Fsp3) is 0.455. The average Bonchev–Trinajstić information content (AvgIpc) is 2.77. The molecule has 0 aliphatic heterocycles. The highest BCUT2D eigenvalue weighted by Gasteiger charge is 2.16. The van der Waals surface area contributed by atoms with Crippen molar-refractivity contribution in [2.75, 3.05) is 5.32 Å². The number of hydrogen-bond donors (Lipinski definition) is 2. The van der Waals surface area contributed by atoms with Crippen LogP contribution in [0, 0.1) is 20.8 Å². The van der Waals surface area contributed by atoms with Gasteiger partial charge in [0.05, 0.1) is 5.69 Å². The predicted octanol–water partition coefficient (Wildman–Crippen LogP) is 2.84. The molecule has 0 saturated carbocycles. The van der Waals surface area contributed by atoms with Gasteiger partial charge in [0, 0.05) is 11.9 Å². The maximum Gasteiger partial charge on any atom is 0.165 e. The van der Waals surface area contributed by atoms with Gasteiger partial charge in [-0.15, -0.1) is 34.2 Å². The third-order valence-corrected chi connectivity index (χ3v) is 4.20. The maximum absolute atomic E-state index is 4.55. The Kier molecular flexibility index (Phi) is 3.44. The Morgan fingerprint density at radius 3 is 2.53 bits per heavy atom. The van der Waals surface area contributed by atoms with Crippen LogP contribution in [0.1, 0.15) is 27.5 Å². The van der Waals surface area contributed by atoms with E-state index < -0.39 is 0 Å². The van der Waals surface area contributed by atoms with Crippen LogP contribution in [-0.4, -0.2) is 14.8 Å². The van der Waals surface area contributed by atoms with Crippen LogP contribution < -0.4 is 5.32 Å². The van der Waals surface area contributed by atoms with E-state index in [-0.39, 0.29) is 5.37 Å². The van der Waals surface area contributed by atoms with Crippen LogP contribution in [0.15, 0.2) is 5.38 Å². The number of thiophene rings is 1. The Morgan fingerprint density at radius 2 is 2.06 bits per heavy atom. The lowest BCUT2D eigenvalue weighted by Crippen LogP contribution is -2.11. The topological polar surface area (TPSA) is 42.7 Å². The summed E-state index contributed by atoms with van der Waals surface area (Å²) in [7, 11) is 1.95. The highest BCUT2D eigenvalue weighted by molar-refractivity contribution is 7.80. The molecule has 17 heavy (non-hydrogen) atoms. The van der Waals surface area contributed by atoms with Crippen molar-refractivity contribution in [3.05, 3.63) is 27.5 Å². The molecular formula is C11H16N4S2. The first-order valence-electron chi connectivity index (χ1n) is 5.36. The number of hydrogen-bond acceptors (Lipinski definition) is 5. The van der Waals surface area contributed by atoms with Gasteiger partial charge in [0.25, 0.3) is 0 Å². The highest BCUT2D eigenvalue weighted by Crippen LogP contribution is 2.30. The molecule has 92 valence electrons. The van der Waals surface area contributed by atoms with E-state index in [0.29, 0.717) is 0 Å². The summed E-state index contributed by atoms with van der Waals surface area (Å²) in [6, 6.07) is 0. The summed E-state index contributed by atoms with van der Waals surface area (Å²) < 4.78 is 1.95. The molecule has 0 amide bonds. The van der Waals surface area contributed by atoms with Gasteiger partial charge in [-0.05, 0) is 31.7 Å². The molecule has 2 rings (SSSR count). The molecule has 0 aromatic carbocycles. The van der Waals surface area contributed by atoms with Crippen molar-refractivity contribution in [2.24, 2.45) is 7.05 Å². The fourth-order valence-electron chi connectivity index (χ4n) is 1.65. The van der Waals surface area contributed by atoms with Gasteiger partial charge in [-0.25, -0.2) is 0 Å². The Balaban J connectivity index is 2.23. The molecule has 0 bridgehead atoms. The normalized spacial score (nSPS) is 12.8. The molecule has 1 unspecified atom stereocenters. The van der Waals surface area contributed by atoms with E-state index in [1.807, 2.05) is 18.5 Å². The standard InChI is InChI=1S/C11H16N4S2/c1-6-5-17-7(2)9(6)12-11(16)10-14-13-8(3)15(10)4/h5,11-12,16H,1-4H3. The zero-order chi connectivity index (χ0) is 12.6. The molecule has 0 radical (unpaired) electrons. The Labute approximate surface area is 110 Å². The second-order valence-electron chi connectivity index (χ2n) is 4.06. The lowest BCUT2D eigenvalue weighted by Gasteiger charge is -2.14. The van der Waals surface area contributed by atoms with Crippen molar-refractivity contribution in [2.45, 2.75) is 26.1 Å². The summed E-state index contributed by atoms with van der Waals surface area (Å²) in [6.07, 6.45) is 0. The number of aromatic nitrogens is 3. The zero-order valence-corrected chi connectivity index (χ0v) is 12.1. The van der Waals surface area contributed by atoms with Crippen molar-refractivity contribution in [3.63, 3.8) is 0 Å². The van der Waals surface area contributed by atoms with Crippen LogP contribution in [0.3, 0.4) is 0 Å². The minimum Gasteiger partial charge on any atom is -0.366 e. The van der Waals surface area contributed by atoms with Crippen molar-refractivity contribution in [3.8, 4) is 0 Å². The molecule has 0 spiro atoms. The van der Waals surface area contributed by atoms with Crippen LogP contribution in [0.4, 0.5) is 5.69 Å². The van der Waals surface area contributed by atoms with Crippen LogP contribution in [0.2, 0.25) is 0 Å². The quantitative estimate of drug-likeness (QED) is 0.664. The van der Waals surface area contributed by atoms with Gasteiger partial charge in [0.1, 0.15) is 11.2 Å². The largest absolute Gasteiger partial charge is 0.366 e. The molecule has 0 aliphatic rings. The van der Waals surface area contributed by atoms with Gasteiger partial charge in [0.15, 0.2) is 5.82 Å². The second kappa shape index (κ2) is 4.70. The van der Waals surface area contributed by atoms with E-state index in [4.69, 9.17) is 0 Å². The molecule has 6 heteroatoms. The molecule has 2 aromatic heterocycles. The number of aryl methyl sites for hydroxylation is 3. The first-order valence-corrected chi connectivity index (χ1v) is 6.75. The monoisotopic (exact) mass is 268 g/mol. The molecule has 0 fully saturated rings. The van der Waals surface area contributed by atoms with Gasteiger partial charge in [-0.1, -0.05) is 0 Å². The number of rotatable bonds is 3. The van der Waals surface area contributed by atoms with Crippen molar-refractivity contribution < 1.29 is 0 Å². The van der Waals surface area contributed by atoms with Gasteiger partial charge in [0.2, 0.25) is 0 Å². The van der Waals surface area contributed by atoms with E-state index in [1.165, 1.54) is 10.4 Å². The third-order valence-electron chi connectivity index (χ3n) is 2.81. The van der Waals surface area contributed by atoms with Gasteiger partial charge >= 0.3 is 0 Å². The van der Waals surface area contributed by atoms with Crippen molar-refractivity contribution in [1.29, 1.82) is 0 Å². The van der Waals surface area contributed by atoms with Gasteiger partial charge < -0.3 is 9.88 Å². The first kappa shape index (κ1) is 12.4. The number of nitrogens with one attached hydrogen (secondary N) is 1. The number of thiol groups is 1. The van der Waals surface area contributed by atoms with E-state index >= 15 is 0 Å². The predicted molar refractivity (Wildman–Crippen MR) is 74.9 cm³/mol. The number of anilines is 1. The van der Waals surface area contributed by atoms with E-state index in [9.17, 15) is 0 Å². The Hall–Kier alpha value is -1.01. The third kappa shape index (κ3) is 2.32. The number of nitrogens with zero attached hydrogens (tertiary/aromatic N) is 3. The van der Waals surface area contributed by atoms with Crippen molar-refractivity contribution >= 4 is 29.7 Å². The molecular weight excluding hydrogens is 252 g/mol. The summed E-state index contributed by atoms with van der Waals surface area (Å²) in [4.78, 5) is 1.26. The summed E-state index contributed by atoms with van der Waals surface area (Å²) >= 11 is 6.29. The van der Waals surface area contributed by atoms with Crippen LogP contribution in [-0.2, 0) is 7.05 Å². The SMILES string of the molecule is Cc1csc(C)c1NC(S)c1nnc(C)n1C. The summed E-state index contributed by atoms with van der Waals surface area (Å²) in [5, 5.41) is 13.5. The lowest BCUT2D eigenvalue weighted by molar-refractivity contribution is 0.783. The molecule has 2 heterocycles. The molecule has 0 aliphatic carbocycles. The van der Waals surface area contributed by atoms with E-state index in [2.05, 4.69) is 47.4 Å². The fourth-order valence-corrected chi connectivity index (χ4v) is 2.81. The minimum atomic E-state index is -0.145. The molecule has 0 saturated heterocycles. The molecule has 1 atom stereocenters. The van der Waals surface area contributed by atoms with E-state index in [0.717, 1.165) is 17.3 Å². The van der Waals surface area contributed by atoms with Gasteiger partial charge in [-0.3, -0.25) is 0 Å². The lowest BCUT2D eigenvalue weighted by atomic mass is 10.3. The smallest absolute Gasteiger partial charge is 0.165 e. The van der Waals surface area contributed by atoms with Gasteiger partial charge in [-0.2, -0.15) is 0 Å². The Bertz CT molecular complexity index is 510. The van der Waals surface area contributed by atoms with Crippen LogP contribution >= 0.6 is 24.0 Å². The first-order chi connectivity index (χ1) is 8.00. The second-order valence-corrected chi connectivity index (χ2v) is 5.66. The minimum absolute atomic E-state index is 0.145. The maximum atomic E-state index is 4.55. The molecule has 2 aromatic rings. The summed E-state index contributed by atoms with van der Waals surface area (Å²) in [5.41, 5.74) is 2.39. The Morgan fingerprint density at radius 1 is 1.35 bits per heavy atom. The average molecular weight is 268 g/mol. The molecule has 1 N–H and O–H groups in total. The zero-order valence-electron chi connectivity index (χ0n) is 10.4. The van der Waals surface area contributed by atoms with Crippen molar-refractivity contribution in [1.82, 2.24) is 14.8 Å². The van der Waals surface area contributed by atoms with Crippen LogP contribution in [0.5, 0.6) is 0 Å².